The zero-order chi connectivity index (χ0) is 18.5. The van der Waals surface area contributed by atoms with Crippen LogP contribution in [-0.2, 0) is 0 Å². The van der Waals surface area contributed by atoms with Gasteiger partial charge in [-0.15, -0.1) is 11.3 Å². The van der Waals surface area contributed by atoms with Gasteiger partial charge < -0.3 is 5.32 Å². The molecule has 0 unspecified atom stereocenters. The van der Waals surface area contributed by atoms with Crippen LogP contribution in [0.4, 0.5) is 11.4 Å². The number of hydrogen-bond acceptors (Lipinski definition) is 2. The van der Waals surface area contributed by atoms with E-state index in [1.54, 1.807) is 11.3 Å². The molecule has 28 heavy (non-hydrogen) atoms. The highest BCUT2D eigenvalue weighted by Crippen LogP contribution is 2.37. The lowest BCUT2D eigenvalue weighted by Crippen LogP contribution is -1.90. The fourth-order valence-electron chi connectivity index (χ4n) is 4.22. The Kier molecular flexibility index (Phi) is 3.40. The predicted octanol–water partition coefficient (Wildman–Crippen LogP) is 8.10. The number of nitrogens with one attached hydrogen (secondary N) is 1. The number of rotatable bonds is 2. The molecule has 0 spiro atoms. The van der Waals surface area contributed by atoms with Gasteiger partial charge in [-0.25, -0.2) is 0 Å². The van der Waals surface area contributed by atoms with Crippen LogP contribution >= 0.6 is 11.3 Å². The summed E-state index contributed by atoms with van der Waals surface area (Å²) < 4.78 is 1.31. The average molecular weight is 375 g/mol. The standard InChI is InChI=1S/C26H17NS/c1-2-9-20-18(7-1)19-8-3-4-10-21(19)24-15-17(13-14-22(20)24)27-25-16-28-26-12-6-5-11-23(25)26/h1-16,27H. The third-order valence-electron chi connectivity index (χ3n) is 5.50. The molecule has 0 bridgehead atoms. The van der Waals surface area contributed by atoms with E-state index in [1.165, 1.54) is 48.1 Å². The second-order valence-electron chi connectivity index (χ2n) is 7.12. The van der Waals surface area contributed by atoms with E-state index in [0.29, 0.717) is 0 Å². The normalized spacial score (nSPS) is 11.6. The lowest BCUT2D eigenvalue weighted by molar-refractivity contribution is 1.64. The minimum absolute atomic E-state index is 1.12. The van der Waals surface area contributed by atoms with Gasteiger partial charge in [0.1, 0.15) is 0 Å². The smallest absolute Gasteiger partial charge is 0.0572 e. The Bertz CT molecular complexity index is 1460. The second-order valence-corrected chi connectivity index (χ2v) is 8.03. The molecule has 0 amide bonds. The van der Waals surface area contributed by atoms with Crippen LogP contribution in [0.2, 0.25) is 0 Å². The summed E-state index contributed by atoms with van der Waals surface area (Å²) in [5, 5.41) is 14.9. The minimum atomic E-state index is 1.12. The monoisotopic (exact) mass is 375 g/mol. The third-order valence-corrected chi connectivity index (χ3v) is 6.47. The SMILES string of the molecule is c1ccc2c(Nc3ccc4c5ccccc5c5ccccc5c4c3)csc2c1. The molecule has 0 aliphatic heterocycles. The Balaban J connectivity index is 1.60. The highest BCUT2D eigenvalue weighted by Gasteiger charge is 2.09. The quantitative estimate of drug-likeness (QED) is 0.301. The third kappa shape index (κ3) is 2.32. The summed E-state index contributed by atoms with van der Waals surface area (Å²) in [6, 6.07) is 32.7. The molecule has 0 saturated heterocycles. The van der Waals surface area contributed by atoms with Crippen molar-refractivity contribution in [1.29, 1.82) is 0 Å². The van der Waals surface area contributed by atoms with Gasteiger partial charge in [0.15, 0.2) is 0 Å². The van der Waals surface area contributed by atoms with Gasteiger partial charge in [0.05, 0.1) is 5.69 Å². The van der Waals surface area contributed by atoms with Gasteiger partial charge in [0.25, 0.3) is 0 Å². The van der Waals surface area contributed by atoms with Crippen molar-refractivity contribution >= 4 is 65.1 Å². The minimum Gasteiger partial charge on any atom is -0.354 e. The summed E-state index contributed by atoms with van der Waals surface area (Å²) in [6.45, 7) is 0. The lowest BCUT2D eigenvalue weighted by Gasteiger charge is -2.12. The van der Waals surface area contributed by atoms with Crippen molar-refractivity contribution in [2.24, 2.45) is 0 Å². The van der Waals surface area contributed by atoms with Crippen molar-refractivity contribution in [1.82, 2.24) is 0 Å². The molecule has 5 aromatic carbocycles. The molecule has 0 aliphatic rings. The molecule has 0 atom stereocenters. The van der Waals surface area contributed by atoms with E-state index in [0.717, 1.165) is 5.69 Å². The van der Waals surface area contributed by atoms with Crippen molar-refractivity contribution in [3.8, 4) is 0 Å². The molecule has 0 fully saturated rings. The van der Waals surface area contributed by atoms with E-state index in [1.807, 2.05) is 0 Å². The van der Waals surface area contributed by atoms with Crippen molar-refractivity contribution in [2.75, 3.05) is 5.32 Å². The van der Waals surface area contributed by atoms with Crippen molar-refractivity contribution in [3.05, 3.63) is 96.4 Å². The maximum Gasteiger partial charge on any atom is 0.0572 e. The number of thiophene rings is 1. The topological polar surface area (TPSA) is 12.0 Å². The Morgan fingerprint density at radius 3 is 1.71 bits per heavy atom. The number of anilines is 2. The first-order valence-electron chi connectivity index (χ1n) is 9.45. The summed E-state index contributed by atoms with van der Waals surface area (Å²) >= 11 is 1.78. The number of benzene rings is 5. The van der Waals surface area contributed by atoms with Crippen LogP contribution in [0.3, 0.4) is 0 Å². The first-order chi connectivity index (χ1) is 13.9. The first kappa shape index (κ1) is 15.7. The van der Waals surface area contributed by atoms with Crippen LogP contribution < -0.4 is 5.32 Å². The van der Waals surface area contributed by atoms with Crippen LogP contribution in [0.1, 0.15) is 0 Å². The molecule has 132 valence electrons. The largest absolute Gasteiger partial charge is 0.354 e. The Morgan fingerprint density at radius 2 is 1.04 bits per heavy atom. The van der Waals surface area contributed by atoms with Crippen molar-refractivity contribution < 1.29 is 0 Å². The molecular weight excluding hydrogens is 358 g/mol. The molecule has 2 heteroatoms. The molecule has 6 rings (SSSR count). The van der Waals surface area contributed by atoms with E-state index in [-0.39, 0.29) is 0 Å². The molecular formula is C26H17NS. The Hall–Kier alpha value is -3.36. The van der Waals surface area contributed by atoms with Crippen LogP contribution in [0.15, 0.2) is 96.4 Å². The fourth-order valence-corrected chi connectivity index (χ4v) is 5.11. The van der Waals surface area contributed by atoms with Gasteiger partial charge in [0.2, 0.25) is 0 Å². The summed E-state index contributed by atoms with van der Waals surface area (Å²) in [6.07, 6.45) is 0. The van der Waals surface area contributed by atoms with Gasteiger partial charge in [0, 0.05) is 21.2 Å². The highest BCUT2D eigenvalue weighted by atomic mass is 32.1. The maximum absolute atomic E-state index is 3.64. The van der Waals surface area contributed by atoms with E-state index in [9.17, 15) is 0 Å². The Morgan fingerprint density at radius 1 is 0.500 bits per heavy atom. The van der Waals surface area contributed by atoms with Crippen LogP contribution in [0.25, 0.3) is 42.4 Å². The van der Waals surface area contributed by atoms with Gasteiger partial charge in [-0.3, -0.25) is 0 Å². The summed E-state index contributed by atoms with van der Waals surface area (Å²) in [5.41, 5.74) is 2.29. The summed E-state index contributed by atoms with van der Waals surface area (Å²) in [7, 11) is 0. The van der Waals surface area contributed by atoms with E-state index in [4.69, 9.17) is 0 Å². The van der Waals surface area contributed by atoms with E-state index < -0.39 is 0 Å². The summed E-state index contributed by atoms with van der Waals surface area (Å²) in [4.78, 5) is 0. The van der Waals surface area contributed by atoms with Crippen LogP contribution in [0, 0.1) is 0 Å². The van der Waals surface area contributed by atoms with Gasteiger partial charge >= 0.3 is 0 Å². The predicted molar refractivity (Wildman–Crippen MR) is 124 cm³/mol. The molecule has 1 N–H and O–H groups in total. The van der Waals surface area contributed by atoms with Gasteiger partial charge in [-0.05, 0) is 50.5 Å². The zero-order valence-electron chi connectivity index (χ0n) is 15.1. The zero-order valence-corrected chi connectivity index (χ0v) is 16.0. The fraction of sp³-hybridized carbons (Fsp3) is 0. The molecule has 0 aliphatic carbocycles. The molecule has 6 aromatic rings. The maximum atomic E-state index is 3.64. The van der Waals surface area contributed by atoms with Crippen molar-refractivity contribution in [2.45, 2.75) is 0 Å². The molecule has 1 aromatic heterocycles. The lowest BCUT2D eigenvalue weighted by atomic mass is 9.94. The van der Waals surface area contributed by atoms with Crippen LogP contribution in [0.5, 0.6) is 0 Å². The highest BCUT2D eigenvalue weighted by molar-refractivity contribution is 7.17. The van der Waals surface area contributed by atoms with Crippen LogP contribution in [-0.4, -0.2) is 0 Å². The summed E-state index contributed by atoms with van der Waals surface area (Å²) in [5.74, 6) is 0. The van der Waals surface area contributed by atoms with E-state index >= 15 is 0 Å². The molecule has 1 heterocycles. The first-order valence-corrected chi connectivity index (χ1v) is 10.3. The van der Waals surface area contributed by atoms with Gasteiger partial charge in [-0.1, -0.05) is 72.8 Å². The molecule has 1 nitrogen and oxygen atoms in total. The Labute approximate surface area is 166 Å². The van der Waals surface area contributed by atoms with Crippen molar-refractivity contribution in [3.63, 3.8) is 0 Å². The van der Waals surface area contributed by atoms with Gasteiger partial charge in [-0.2, -0.15) is 0 Å². The number of fused-ring (bicyclic) bond motifs is 7. The molecule has 0 saturated carbocycles. The molecule has 0 radical (unpaired) electrons. The second kappa shape index (κ2) is 6.08. The number of hydrogen-bond donors (Lipinski definition) is 1. The van der Waals surface area contributed by atoms with E-state index in [2.05, 4.69) is 102 Å². The average Bonchev–Trinajstić information content (AvgIpc) is 3.17.